The number of aliphatic hydroxyl groups excluding tert-OH is 1. The maximum atomic E-state index is 12.0. The van der Waals surface area contributed by atoms with Crippen molar-refractivity contribution in [1.29, 1.82) is 0 Å². The van der Waals surface area contributed by atoms with E-state index in [-0.39, 0.29) is 12.0 Å². The van der Waals surface area contributed by atoms with Crippen molar-refractivity contribution in [1.82, 2.24) is 5.32 Å². The summed E-state index contributed by atoms with van der Waals surface area (Å²) in [6.07, 6.45) is 4.33. The minimum atomic E-state index is -0.492. The summed E-state index contributed by atoms with van der Waals surface area (Å²) in [6, 6.07) is 7.85. The molecule has 1 aliphatic rings. The van der Waals surface area contributed by atoms with Crippen LogP contribution in [0.4, 0.5) is 0 Å². The summed E-state index contributed by atoms with van der Waals surface area (Å²) >= 11 is 0. The molecule has 4 nitrogen and oxygen atoms in total. The van der Waals surface area contributed by atoms with Crippen molar-refractivity contribution >= 4 is 5.91 Å². The predicted molar refractivity (Wildman–Crippen MR) is 82.3 cm³/mol. The lowest BCUT2D eigenvalue weighted by molar-refractivity contribution is -0.127. The van der Waals surface area contributed by atoms with E-state index in [4.69, 9.17) is 4.74 Å². The molecule has 1 aromatic carbocycles. The number of carbonyl (C=O) groups is 1. The summed E-state index contributed by atoms with van der Waals surface area (Å²) in [5.74, 6) is 0.633. The molecule has 0 bridgehead atoms. The standard InChI is InChI=1S/C17H25NO3/c1-12(19)11-14-7-9-16(10-8-14)21-13(2)17(20)18-15-5-3-4-6-15/h7-10,12-13,15,19H,3-6,11H2,1-2H3,(H,18,20). The molecule has 116 valence electrons. The van der Waals surface area contributed by atoms with E-state index in [2.05, 4.69) is 5.32 Å². The van der Waals surface area contributed by atoms with E-state index < -0.39 is 6.10 Å². The number of rotatable bonds is 6. The van der Waals surface area contributed by atoms with Crippen LogP contribution < -0.4 is 10.1 Å². The van der Waals surface area contributed by atoms with E-state index >= 15 is 0 Å². The smallest absolute Gasteiger partial charge is 0.260 e. The third-order valence-corrected chi connectivity index (χ3v) is 3.84. The van der Waals surface area contributed by atoms with Crippen LogP contribution in [-0.4, -0.2) is 29.3 Å². The number of hydrogen-bond donors (Lipinski definition) is 2. The molecule has 0 spiro atoms. The third-order valence-electron chi connectivity index (χ3n) is 3.84. The first-order valence-electron chi connectivity index (χ1n) is 7.78. The van der Waals surface area contributed by atoms with Crippen molar-refractivity contribution in [2.24, 2.45) is 0 Å². The minimum absolute atomic E-state index is 0.0463. The lowest BCUT2D eigenvalue weighted by Crippen LogP contribution is -2.41. The summed E-state index contributed by atoms with van der Waals surface area (Å²) in [4.78, 5) is 12.0. The van der Waals surface area contributed by atoms with E-state index in [1.807, 2.05) is 24.3 Å². The van der Waals surface area contributed by atoms with Gasteiger partial charge in [-0.2, -0.15) is 0 Å². The predicted octanol–water partition coefficient (Wildman–Crippen LogP) is 2.44. The molecule has 0 radical (unpaired) electrons. The van der Waals surface area contributed by atoms with Gasteiger partial charge in [0, 0.05) is 6.04 Å². The van der Waals surface area contributed by atoms with E-state index in [1.165, 1.54) is 12.8 Å². The van der Waals surface area contributed by atoms with E-state index in [0.717, 1.165) is 18.4 Å². The maximum absolute atomic E-state index is 12.0. The molecule has 1 aromatic rings. The van der Waals surface area contributed by atoms with Crippen LogP contribution in [0, 0.1) is 0 Å². The van der Waals surface area contributed by atoms with Crippen molar-refractivity contribution in [3.05, 3.63) is 29.8 Å². The van der Waals surface area contributed by atoms with E-state index in [9.17, 15) is 9.90 Å². The van der Waals surface area contributed by atoms with Gasteiger partial charge in [0.25, 0.3) is 5.91 Å². The highest BCUT2D eigenvalue weighted by Crippen LogP contribution is 2.19. The van der Waals surface area contributed by atoms with Gasteiger partial charge in [0.1, 0.15) is 5.75 Å². The van der Waals surface area contributed by atoms with Crippen molar-refractivity contribution in [2.45, 2.75) is 64.2 Å². The molecule has 0 aliphatic heterocycles. The van der Waals surface area contributed by atoms with E-state index in [1.54, 1.807) is 13.8 Å². The largest absolute Gasteiger partial charge is 0.481 e. The molecule has 4 heteroatoms. The fourth-order valence-electron chi connectivity index (χ4n) is 2.69. The van der Waals surface area contributed by atoms with Gasteiger partial charge in [-0.25, -0.2) is 0 Å². The Kier molecular flexibility index (Phi) is 5.62. The number of aliphatic hydroxyl groups is 1. The van der Waals surface area contributed by atoms with Crippen LogP contribution in [-0.2, 0) is 11.2 Å². The molecule has 2 rings (SSSR count). The summed E-state index contributed by atoms with van der Waals surface area (Å²) in [5, 5.41) is 12.4. The maximum Gasteiger partial charge on any atom is 0.260 e. The average molecular weight is 291 g/mol. The monoisotopic (exact) mass is 291 g/mol. The zero-order valence-corrected chi connectivity index (χ0v) is 12.8. The number of amides is 1. The van der Waals surface area contributed by atoms with Crippen molar-refractivity contribution in [2.75, 3.05) is 0 Å². The molecule has 0 aromatic heterocycles. The summed E-state index contributed by atoms with van der Waals surface area (Å²) < 4.78 is 5.67. The van der Waals surface area contributed by atoms with Crippen molar-refractivity contribution < 1.29 is 14.6 Å². The second-order valence-electron chi connectivity index (χ2n) is 5.95. The first-order chi connectivity index (χ1) is 10.0. The van der Waals surface area contributed by atoms with Gasteiger partial charge in [-0.1, -0.05) is 25.0 Å². The molecule has 21 heavy (non-hydrogen) atoms. The lowest BCUT2D eigenvalue weighted by Gasteiger charge is -2.18. The SMILES string of the molecule is CC(O)Cc1ccc(OC(C)C(=O)NC2CCCC2)cc1. The van der Waals surface area contributed by atoms with Gasteiger partial charge in [-0.3, -0.25) is 4.79 Å². The molecule has 1 amide bonds. The second-order valence-corrected chi connectivity index (χ2v) is 5.95. The van der Waals surface area contributed by atoms with Gasteiger partial charge >= 0.3 is 0 Å². The van der Waals surface area contributed by atoms with Gasteiger partial charge in [0.15, 0.2) is 6.10 Å². The van der Waals surface area contributed by atoms with Crippen LogP contribution in [0.15, 0.2) is 24.3 Å². The molecule has 2 unspecified atom stereocenters. The number of benzene rings is 1. The Hall–Kier alpha value is -1.55. The molecule has 1 fully saturated rings. The molecule has 1 saturated carbocycles. The van der Waals surface area contributed by atoms with Crippen molar-refractivity contribution in [3.63, 3.8) is 0 Å². The Morgan fingerprint density at radius 2 is 1.90 bits per heavy atom. The minimum Gasteiger partial charge on any atom is -0.481 e. The van der Waals surface area contributed by atoms with Crippen LogP contribution in [0.2, 0.25) is 0 Å². The zero-order chi connectivity index (χ0) is 15.2. The number of hydrogen-bond acceptors (Lipinski definition) is 3. The summed E-state index contributed by atoms with van der Waals surface area (Å²) in [6.45, 7) is 3.54. The summed E-state index contributed by atoms with van der Waals surface area (Å²) in [5.41, 5.74) is 1.06. The first kappa shape index (κ1) is 15.8. The lowest BCUT2D eigenvalue weighted by atomic mass is 10.1. The fraction of sp³-hybridized carbons (Fsp3) is 0.588. The second kappa shape index (κ2) is 7.46. The van der Waals surface area contributed by atoms with Gasteiger partial charge in [0.2, 0.25) is 0 Å². The molecular weight excluding hydrogens is 266 g/mol. The van der Waals surface area contributed by atoms with Crippen molar-refractivity contribution in [3.8, 4) is 5.75 Å². The molecule has 0 saturated heterocycles. The Bertz CT molecular complexity index is 450. The molecule has 1 aliphatic carbocycles. The molecule has 2 N–H and O–H groups in total. The number of ether oxygens (including phenoxy) is 1. The normalized spacial score (nSPS) is 18.2. The van der Waals surface area contributed by atoms with Crippen LogP contribution in [0.3, 0.4) is 0 Å². The van der Waals surface area contributed by atoms with Gasteiger partial charge in [0.05, 0.1) is 6.10 Å². The topological polar surface area (TPSA) is 58.6 Å². The first-order valence-corrected chi connectivity index (χ1v) is 7.78. The number of carbonyl (C=O) groups excluding carboxylic acids is 1. The highest BCUT2D eigenvalue weighted by Gasteiger charge is 2.21. The van der Waals surface area contributed by atoms with Gasteiger partial charge in [-0.15, -0.1) is 0 Å². The highest BCUT2D eigenvalue weighted by atomic mass is 16.5. The number of nitrogens with one attached hydrogen (secondary N) is 1. The van der Waals surface area contributed by atoms with Gasteiger partial charge in [-0.05, 0) is 50.8 Å². The van der Waals surface area contributed by atoms with Crippen LogP contribution in [0.25, 0.3) is 0 Å². The molecule has 2 atom stereocenters. The molecule has 0 heterocycles. The fourth-order valence-corrected chi connectivity index (χ4v) is 2.69. The highest BCUT2D eigenvalue weighted by molar-refractivity contribution is 5.81. The van der Waals surface area contributed by atoms with E-state index in [0.29, 0.717) is 18.2 Å². The average Bonchev–Trinajstić information content (AvgIpc) is 2.93. The Labute approximate surface area is 126 Å². The third kappa shape index (κ3) is 5.05. The quantitative estimate of drug-likeness (QED) is 0.846. The van der Waals surface area contributed by atoms with Crippen LogP contribution in [0.1, 0.15) is 45.1 Å². The Balaban J connectivity index is 1.83. The zero-order valence-electron chi connectivity index (χ0n) is 12.8. The Morgan fingerprint density at radius 1 is 1.29 bits per heavy atom. The molecular formula is C17H25NO3. The Morgan fingerprint density at radius 3 is 2.48 bits per heavy atom. The van der Waals surface area contributed by atoms with Gasteiger partial charge < -0.3 is 15.2 Å². The van der Waals surface area contributed by atoms with Crippen LogP contribution >= 0.6 is 0 Å². The van der Waals surface area contributed by atoms with Crippen LogP contribution in [0.5, 0.6) is 5.75 Å². The summed E-state index contributed by atoms with van der Waals surface area (Å²) in [7, 11) is 0.